The molecule has 0 aliphatic heterocycles. The van der Waals surface area contributed by atoms with E-state index in [0.29, 0.717) is 6.54 Å². The molecule has 3 heteroatoms. The second-order valence-electron chi connectivity index (χ2n) is 5.19. The molecule has 0 bridgehead atoms. The van der Waals surface area contributed by atoms with Crippen LogP contribution < -0.4 is 5.73 Å². The standard InChI is InChI=1S/C13H19N3/c1-9-15-11-7-10(8-14)5-6-12(11)16(9)13(2,3)4/h5-7H,8,14H2,1-4H3. The van der Waals surface area contributed by atoms with Gasteiger partial charge in [-0.2, -0.15) is 0 Å². The highest BCUT2D eigenvalue weighted by Gasteiger charge is 2.19. The van der Waals surface area contributed by atoms with Crippen LogP contribution in [0.1, 0.15) is 32.2 Å². The van der Waals surface area contributed by atoms with Crippen LogP contribution in [0.2, 0.25) is 0 Å². The van der Waals surface area contributed by atoms with Crippen molar-refractivity contribution in [1.82, 2.24) is 9.55 Å². The van der Waals surface area contributed by atoms with Gasteiger partial charge in [0.05, 0.1) is 11.0 Å². The molecule has 0 saturated heterocycles. The zero-order chi connectivity index (χ0) is 11.9. The number of nitrogens with two attached hydrogens (primary N) is 1. The van der Waals surface area contributed by atoms with Gasteiger partial charge >= 0.3 is 0 Å². The van der Waals surface area contributed by atoms with Gasteiger partial charge in [0.1, 0.15) is 5.82 Å². The van der Waals surface area contributed by atoms with Gasteiger partial charge in [0.25, 0.3) is 0 Å². The Bertz CT molecular complexity index is 518. The summed E-state index contributed by atoms with van der Waals surface area (Å²) in [5.41, 5.74) is 9.05. The average molecular weight is 217 g/mol. The molecule has 0 saturated carbocycles. The molecular formula is C13H19N3. The first kappa shape index (κ1) is 11.1. The summed E-state index contributed by atoms with van der Waals surface area (Å²) < 4.78 is 2.27. The van der Waals surface area contributed by atoms with Crippen LogP contribution in [0.5, 0.6) is 0 Å². The highest BCUT2D eigenvalue weighted by molar-refractivity contribution is 5.77. The summed E-state index contributed by atoms with van der Waals surface area (Å²) in [4.78, 5) is 4.60. The Labute approximate surface area is 96.3 Å². The Morgan fingerprint density at radius 3 is 2.56 bits per heavy atom. The first-order valence-corrected chi connectivity index (χ1v) is 5.62. The fourth-order valence-corrected chi connectivity index (χ4v) is 2.22. The number of aromatic nitrogens is 2. The molecule has 16 heavy (non-hydrogen) atoms. The van der Waals surface area contributed by atoms with Gasteiger partial charge in [0.15, 0.2) is 0 Å². The maximum absolute atomic E-state index is 5.64. The topological polar surface area (TPSA) is 43.8 Å². The summed E-state index contributed by atoms with van der Waals surface area (Å²) in [5.74, 6) is 1.05. The van der Waals surface area contributed by atoms with Gasteiger partial charge < -0.3 is 10.3 Å². The summed E-state index contributed by atoms with van der Waals surface area (Å²) in [6.07, 6.45) is 0. The molecule has 0 fully saturated rings. The van der Waals surface area contributed by atoms with E-state index in [1.54, 1.807) is 0 Å². The van der Waals surface area contributed by atoms with E-state index in [1.165, 1.54) is 5.52 Å². The van der Waals surface area contributed by atoms with Gasteiger partial charge in [-0.15, -0.1) is 0 Å². The monoisotopic (exact) mass is 217 g/mol. The molecule has 0 radical (unpaired) electrons. The van der Waals surface area contributed by atoms with Crippen molar-refractivity contribution in [3.8, 4) is 0 Å². The SMILES string of the molecule is Cc1nc2cc(CN)ccc2n1C(C)(C)C. The van der Waals surface area contributed by atoms with Crippen molar-refractivity contribution in [2.24, 2.45) is 5.73 Å². The lowest BCUT2D eigenvalue weighted by Gasteiger charge is -2.23. The lowest BCUT2D eigenvalue weighted by molar-refractivity contribution is 0.399. The van der Waals surface area contributed by atoms with Crippen LogP contribution in [0.25, 0.3) is 11.0 Å². The summed E-state index contributed by atoms with van der Waals surface area (Å²) in [5, 5.41) is 0. The molecule has 1 aromatic carbocycles. The summed E-state index contributed by atoms with van der Waals surface area (Å²) in [6, 6.07) is 6.26. The lowest BCUT2D eigenvalue weighted by atomic mass is 10.1. The molecule has 2 aromatic rings. The molecule has 0 aliphatic rings. The smallest absolute Gasteiger partial charge is 0.107 e. The van der Waals surface area contributed by atoms with Crippen molar-refractivity contribution in [2.75, 3.05) is 0 Å². The highest BCUT2D eigenvalue weighted by atomic mass is 15.1. The third-order valence-corrected chi connectivity index (χ3v) is 2.79. The number of nitrogens with zero attached hydrogens (tertiary/aromatic N) is 2. The number of hydrogen-bond donors (Lipinski definition) is 1. The molecule has 0 unspecified atom stereocenters. The van der Waals surface area contributed by atoms with Gasteiger partial charge in [-0.1, -0.05) is 6.07 Å². The van der Waals surface area contributed by atoms with Crippen molar-refractivity contribution in [3.63, 3.8) is 0 Å². The van der Waals surface area contributed by atoms with E-state index < -0.39 is 0 Å². The number of benzene rings is 1. The molecule has 0 aliphatic carbocycles. The Morgan fingerprint density at radius 1 is 1.31 bits per heavy atom. The van der Waals surface area contributed by atoms with Crippen molar-refractivity contribution in [1.29, 1.82) is 0 Å². The van der Waals surface area contributed by atoms with E-state index in [4.69, 9.17) is 5.73 Å². The summed E-state index contributed by atoms with van der Waals surface area (Å²) in [7, 11) is 0. The fourth-order valence-electron chi connectivity index (χ4n) is 2.22. The quantitative estimate of drug-likeness (QED) is 0.797. The van der Waals surface area contributed by atoms with E-state index in [2.05, 4.69) is 48.5 Å². The second-order valence-corrected chi connectivity index (χ2v) is 5.19. The minimum Gasteiger partial charge on any atom is -0.326 e. The van der Waals surface area contributed by atoms with Crippen LogP contribution in [0.3, 0.4) is 0 Å². The lowest BCUT2D eigenvalue weighted by Crippen LogP contribution is -2.22. The van der Waals surface area contributed by atoms with Crippen LogP contribution in [0.4, 0.5) is 0 Å². The van der Waals surface area contributed by atoms with E-state index in [-0.39, 0.29) is 5.54 Å². The number of aryl methyl sites for hydroxylation is 1. The highest BCUT2D eigenvalue weighted by Crippen LogP contribution is 2.25. The molecule has 2 rings (SSSR count). The number of imidazole rings is 1. The minimum atomic E-state index is 0.0586. The van der Waals surface area contributed by atoms with Gasteiger partial charge in [0, 0.05) is 12.1 Å². The van der Waals surface area contributed by atoms with E-state index in [0.717, 1.165) is 16.9 Å². The number of hydrogen-bond acceptors (Lipinski definition) is 2. The molecule has 0 spiro atoms. The maximum atomic E-state index is 5.64. The largest absolute Gasteiger partial charge is 0.326 e. The van der Waals surface area contributed by atoms with Crippen LogP contribution in [0, 0.1) is 6.92 Å². The zero-order valence-corrected chi connectivity index (χ0v) is 10.4. The normalized spacial score (nSPS) is 12.3. The maximum Gasteiger partial charge on any atom is 0.107 e. The van der Waals surface area contributed by atoms with Crippen molar-refractivity contribution >= 4 is 11.0 Å². The number of fused-ring (bicyclic) bond motifs is 1. The van der Waals surface area contributed by atoms with Crippen LogP contribution in [0.15, 0.2) is 18.2 Å². The second kappa shape index (κ2) is 3.59. The average Bonchev–Trinajstić information content (AvgIpc) is 2.51. The predicted molar refractivity (Wildman–Crippen MR) is 67.4 cm³/mol. The van der Waals surface area contributed by atoms with Crippen molar-refractivity contribution in [2.45, 2.75) is 39.8 Å². The van der Waals surface area contributed by atoms with Crippen LogP contribution in [-0.4, -0.2) is 9.55 Å². The third kappa shape index (κ3) is 1.71. The Hall–Kier alpha value is -1.35. The first-order valence-electron chi connectivity index (χ1n) is 5.62. The predicted octanol–water partition coefficient (Wildman–Crippen LogP) is 2.56. The minimum absolute atomic E-state index is 0.0586. The molecular weight excluding hydrogens is 198 g/mol. The van der Waals surface area contributed by atoms with Gasteiger partial charge in [-0.25, -0.2) is 4.98 Å². The van der Waals surface area contributed by atoms with Gasteiger partial charge in [-0.05, 0) is 45.4 Å². The molecule has 86 valence electrons. The van der Waals surface area contributed by atoms with Crippen molar-refractivity contribution in [3.05, 3.63) is 29.6 Å². The molecule has 3 nitrogen and oxygen atoms in total. The van der Waals surface area contributed by atoms with E-state index >= 15 is 0 Å². The Balaban J connectivity index is 2.72. The number of rotatable bonds is 1. The molecule has 2 N–H and O–H groups in total. The Kier molecular flexibility index (Phi) is 2.50. The van der Waals surface area contributed by atoms with Crippen LogP contribution >= 0.6 is 0 Å². The summed E-state index contributed by atoms with van der Waals surface area (Å²) in [6.45, 7) is 9.19. The van der Waals surface area contributed by atoms with E-state index in [1.807, 2.05) is 6.92 Å². The zero-order valence-electron chi connectivity index (χ0n) is 10.4. The first-order chi connectivity index (χ1) is 7.43. The summed E-state index contributed by atoms with van der Waals surface area (Å²) >= 11 is 0. The fraction of sp³-hybridized carbons (Fsp3) is 0.462. The molecule has 0 atom stereocenters. The molecule has 1 heterocycles. The Morgan fingerprint density at radius 2 is 2.00 bits per heavy atom. The van der Waals surface area contributed by atoms with E-state index in [9.17, 15) is 0 Å². The van der Waals surface area contributed by atoms with Crippen LogP contribution in [-0.2, 0) is 12.1 Å². The van der Waals surface area contributed by atoms with Gasteiger partial charge in [-0.3, -0.25) is 0 Å². The molecule has 1 aromatic heterocycles. The van der Waals surface area contributed by atoms with Crippen molar-refractivity contribution < 1.29 is 0 Å². The van der Waals surface area contributed by atoms with Gasteiger partial charge in [0.2, 0.25) is 0 Å². The third-order valence-electron chi connectivity index (χ3n) is 2.79. The molecule has 0 amide bonds.